The molecule has 2 heterocycles. The fourth-order valence-electron chi connectivity index (χ4n) is 3.71. The molecule has 0 spiro atoms. The number of halogens is 1. The van der Waals surface area contributed by atoms with Gasteiger partial charge in [0.1, 0.15) is 11.6 Å². The molecule has 1 aromatic rings. The van der Waals surface area contributed by atoms with E-state index in [2.05, 4.69) is 9.80 Å². The van der Waals surface area contributed by atoms with E-state index >= 15 is 0 Å². The van der Waals surface area contributed by atoms with Crippen LogP contribution in [0.1, 0.15) is 37.7 Å². The van der Waals surface area contributed by atoms with E-state index in [-0.39, 0.29) is 11.6 Å². The van der Waals surface area contributed by atoms with Crippen molar-refractivity contribution in [1.29, 1.82) is 0 Å². The zero-order valence-corrected chi connectivity index (χ0v) is 12.6. The highest BCUT2D eigenvalue weighted by molar-refractivity contribution is 5.28. The molecule has 2 fully saturated rings. The number of likely N-dealkylation sites (tertiary alicyclic amines) is 2. The number of nitrogens with zero attached hydrogens (tertiary/aromatic N) is 2. The topological polar surface area (TPSA) is 26.7 Å². The van der Waals surface area contributed by atoms with Crippen LogP contribution in [-0.4, -0.2) is 47.1 Å². The molecular weight excluding hydrogens is 267 g/mol. The maximum absolute atomic E-state index is 13.3. The van der Waals surface area contributed by atoms with Crippen molar-refractivity contribution in [2.24, 2.45) is 0 Å². The maximum Gasteiger partial charge on any atom is 0.127 e. The van der Waals surface area contributed by atoms with Crippen molar-refractivity contribution in [3.8, 4) is 5.75 Å². The lowest BCUT2D eigenvalue weighted by Gasteiger charge is -2.40. The van der Waals surface area contributed by atoms with Crippen LogP contribution in [0.4, 0.5) is 4.39 Å². The van der Waals surface area contributed by atoms with Gasteiger partial charge < -0.3 is 10.0 Å². The Labute approximate surface area is 126 Å². The molecule has 1 N–H and O–H groups in total. The van der Waals surface area contributed by atoms with E-state index in [1.54, 1.807) is 6.07 Å². The molecular formula is C17H25FN2O. The molecule has 0 aromatic heterocycles. The third-order valence-corrected chi connectivity index (χ3v) is 4.81. The molecule has 0 saturated carbocycles. The largest absolute Gasteiger partial charge is 0.508 e. The van der Waals surface area contributed by atoms with Crippen molar-refractivity contribution in [3.63, 3.8) is 0 Å². The Kier molecular flexibility index (Phi) is 4.76. The van der Waals surface area contributed by atoms with Gasteiger partial charge in [-0.25, -0.2) is 4.39 Å². The van der Waals surface area contributed by atoms with Gasteiger partial charge in [0.15, 0.2) is 0 Å². The minimum atomic E-state index is -0.354. The average Bonchev–Trinajstić information content (AvgIpc) is 2.48. The second-order valence-electron chi connectivity index (χ2n) is 6.42. The van der Waals surface area contributed by atoms with Crippen molar-refractivity contribution in [1.82, 2.24) is 9.80 Å². The average molecular weight is 292 g/mol. The molecule has 2 saturated heterocycles. The number of piperidine rings is 2. The smallest absolute Gasteiger partial charge is 0.127 e. The molecule has 2 aliphatic rings. The van der Waals surface area contributed by atoms with E-state index in [4.69, 9.17) is 0 Å². The first kappa shape index (κ1) is 14.8. The second-order valence-corrected chi connectivity index (χ2v) is 6.42. The van der Waals surface area contributed by atoms with Crippen LogP contribution in [0.25, 0.3) is 0 Å². The van der Waals surface area contributed by atoms with Crippen molar-refractivity contribution in [2.75, 3.05) is 26.2 Å². The van der Waals surface area contributed by atoms with E-state index in [0.717, 1.165) is 37.3 Å². The lowest BCUT2D eigenvalue weighted by atomic mass is 9.99. The summed E-state index contributed by atoms with van der Waals surface area (Å²) in [7, 11) is 0. The lowest BCUT2D eigenvalue weighted by Crippen LogP contribution is -2.46. The molecule has 21 heavy (non-hydrogen) atoms. The molecule has 3 nitrogen and oxygen atoms in total. The maximum atomic E-state index is 13.3. The van der Waals surface area contributed by atoms with E-state index in [1.807, 2.05) is 0 Å². The zero-order valence-electron chi connectivity index (χ0n) is 12.6. The van der Waals surface area contributed by atoms with Gasteiger partial charge in [-0.2, -0.15) is 0 Å². The monoisotopic (exact) mass is 292 g/mol. The molecule has 4 heteroatoms. The second kappa shape index (κ2) is 6.75. The minimum Gasteiger partial charge on any atom is -0.508 e. The standard InChI is InChI=1S/C17H25FN2O/c18-15-10-14(11-17(21)12-15)13-19-8-4-16(5-9-19)20-6-2-1-3-7-20/h10-12,16,21H,1-9,13H2. The van der Waals surface area contributed by atoms with Gasteiger partial charge in [-0.15, -0.1) is 0 Å². The van der Waals surface area contributed by atoms with Gasteiger partial charge in [0, 0.05) is 18.7 Å². The van der Waals surface area contributed by atoms with Crippen LogP contribution in [0.5, 0.6) is 5.75 Å². The highest BCUT2D eigenvalue weighted by atomic mass is 19.1. The Morgan fingerprint density at radius 1 is 1.00 bits per heavy atom. The Balaban J connectivity index is 1.51. The van der Waals surface area contributed by atoms with E-state index < -0.39 is 0 Å². The molecule has 0 aliphatic carbocycles. The summed E-state index contributed by atoms with van der Waals surface area (Å²) >= 11 is 0. The number of rotatable bonds is 3. The summed E-state index contributed by atoms with van der Waals surface area (Å²) in [6.45, 7) is 5.40. The third kappa shape index (κ3) is 3.95. The fourth-order valence-corrected chi connectivity index (χ4v) is 3.71. The summed E-state index contributed by atoms with van der Waals surface area (Å²) in [4.78, 5) is 5.03. The van der Waals surface area contributed by atoms with Crippen molar-refractivity contribution < 1.29 is 9.50 Å². The fraction of sp³-hybridized carbons (Fsp3) is 0.647. The van der Waals surface area contributed by atoms with Crippen LogP contribution >= 0.6 is 0 Å². The number of hydrogen-bond acceptors (Lipinski definition) is 3. The predicted octanol–water partition coefficient (Wildman–Crippen LogP) is 2.98. The molecule has 1 aromatic carbocycles. The number of phenols is 1. The molecule has 0 unspecified atom stereocenters. The molecule has 0 amide bonds. The number of phenolic OH excluding ortho intramolecular Hbond substituents is 1. The summed E-state index contributed by atoms with van der Waals surface area (Å²) < 4.78 is 13.3. The molecule has 116 valence electrons. The quantitative estimate of drug-likeness (QED) is 0.928. The van der Waals surface area contributed by atoms with Gasteiger partial charge in [-0.1, -0.05) is 6.42 Å². The van der Waals surface area contributed by atoms with Crippen LogP contribution in [0.2, 0.25) is 0 Å². The summed E-state index contributed by atoms with van der Waals surface area (Å²) in [6, 6.07) is 5.09. The summed E-state index contributed by atoms with van der Waals surface area (Å²) in [5, 5.41) is 9.47. The van der Waals surface area contributed by atoms with Crippen molar-refractivity contribution >= 4 is 0 Å². The Morgan fingerprint density at radius 2 is 1.71 bits per heavy atom. The lowest BCUT2D eigenvalue weighted by molar-refractivity contribution is 0.0896. The van der Waals surface area contributed by atoms with E-state index in [0.29, 0.717) is 0 Å². The molecule has 2 aliphatic heterocycles. The molecule has 0 bridgehead atoms. The van der Waals surface area contributed by atoms with Gasteiger partial charge in [0.25, 0.3) is 0 Å². The highest BCUT2D eigenvalue weighted by Gasteiger charge is 2.25. The first-order chi connectivity index (χ1) is 10.2. The number of benzene rings is 1. The summed E-state index contributed by atoms with van der Waals surface area (Å²) in [5.74, 6) is -0.332. The molecule has 3 rings (SSSR count). The predicted molar refractivity (Wildman–Crippen MR) is 81.8 cm³/mol. The molecule has 0 radical (unpaired) electrons. The van der Waals surface area contributed by atoms with E-state index in [9.17, 15) is 9.50 Å². The highest BCUT2D eigenvalue weighted by Crippen LogP contribution is 2.23. The van der Waals surface area contributed by atoms with Gasteiger partial charge >= 0.3 is 0 Å². The third-order valence-electron chi connectivity index (χ3n) is 4.81. The summed E-state index contributed by atoms with van der Waals surface area (Å²) in [6.07, 6.45) is 6.51. The van der Waals surface area contributed by atoms with Crippen LogP contribution < -0.4 is 0 Å². The van der Waals surface area contributed by atoms with Crippen molar-refractivity contribution in [3.05, 3.63) is 29.6 Å². The van der Waals surface area contributed by atoms with Gasteiger partial charge in [0.05, 0.1) is 0 Å². The SMILES string of the molecule is Oc1cc(F)cc(CN2CCC(N3CCCCC3)CC2)c1. The normalized spacial score (nSPS) is 22.5. The van der Waals surface area contributed by atoms with Crippen LogP contribution in [-0.2, 0) is 6.54 Å². The summed E-state index contributed by atoms with van der Waals surface area (Å²) in [5.41, 5.74) is 0.865. The first-order valence-corrected chi connectivity index (χ1v) is 8.15. The van der Waals surface area contributed by atoms with Crippen LogP contribution in [0, 0.1) is 5.82 Å². The molecule has 0 atom stereocenters. The van der Waals surface area contributed by atoms with Gasteiger partial charge in [0.2, 0.25) is 0 Å². The Morgan fingerprint density at radius 3 is 2.38 bits per heavy atom. The van der Waals surface area contributed by atoms with Crippen LogP contribution in [0.3, 0.4) is 0 Å². The van der Waals surface area contributed by atoms with Crippen molar-refractivity contribution in [2.45, 2.75) is 44.7 Å². The Bertz CT molecular complexity index is 446. The Hall–Kier alpha value is -1.13. The minimum absolute atomic E-state index is 0.0215. The van der Waals surface area contributed by atoms with Gasteiger partial charge in [-0.3, -0.25) is 4.90 Å². The zero-order chi connectivity index (χ0) is 14.7. The van der Waals surface area contributed by atoms with Gasteiger partial charge in [-0.05, 0) is 69.6 Å². The number of aromatic hydroxyl groups is 1. The number of hydrogen-bond donors (Lipinski definition) is 1. The van der Waals surface area contributed by atoms with E-state index in [1.165, 1.54) is 51.3 Å². The first-order valence-electron chi connectivity index (χ1n) is 8.15. The van der Waals surface area contributed by atoms with Crippen LogP contribution in [0.15, 0.2) is 18.2 Å².